The molecule has 2 atom stereocenters. The first-order valence-corrected chi connectivity index (χ1v) is 7.70. The standard InChI is InChI=1S/C17H22N4O.2ClH/c1-20-11-15(10-19-20)14-7-8-21(12-14)17(22)9-16(18)13-5-3-2-4-6-13;;/h2-6,10-11,14,16H,7-9,12,18H2,1H3;2*1H. The minimum atomic E-state index is -0.230. The fraction of sp³-hybridized carbons (Fsp3) is 0.412. The molecule has 2 aromatic rings. The number of carbonyl (C=O) groups excluding carboxylic acids is 1. The van der Waals surface area contributed by atoms with Gasteiger partial charge in [0.2, 0.25) is 5.91 Å². The molecule has 7 heteroatoms. The highest BCUT2D eigenvalue weighted by molar-refractivity contribution is 5.85. The predicted molar refractivity (Wildman–Crippen MR) is 99.6 cm³/mol. The van der Waals surface area contributed by atoms with Crippen LogP contribution in [-0.4, -0.2) is 33.7 Å². The molecule has 1 fully saturated rings. The van der Waals surface area contributed by atoms with Crippen LogP contribution in [0.2, 0.25) is 0 Å². The van der Waals surface area contributed by atoms with Crippen LogP contribution in [0.15, 0.2) is 42.7 Å². The summed E-state index contributed by atoms with van der Waals surface area (Å²) in [6, 6.07) is 9.57. The number of nitrogens with two attached hydrogens (primary N) is 1. The summed E-state index contributed by atoms with van der Waals surface area (Å²) in [6.45, 7) is 1.58. The molecule has 1 aromatic heterocycles. The van der Waals surface area contributed by atoms with E-state index in [4.69, 9.17) is 5.73 Å². The van der Waals surface area contributed by atoms with Crippen molar-refractivity contribution >= 4 is 30.7 Å². The summed E-state index contributed by atoms with van der Waals surface area (Å²) in [5.74, 6) is 0.536. The number of aromatic nitrogens is 2. The van der Waals surface area contributed by atoms with Crippen molar-refractivity contribution in [2.24, 2.45) is 12.8 Å². The van der Waals surface area contributed by atoms with Crippen molar-refractivity contribution in [1.29, 1.82) is 0 Å². The van der Waals surface area contributed by atoms with E-state index in [1.54, 1.807) is 0 Å². The molecule has 2 unspecified atom stereocenters. The van der Waals surface area contributed by atoms with Gasteiger partial charge in [-0.05, 0) is 17.5 Å². The van der Waals surface area contributed by atoms with Crippen molar-refractivity contribution in [3.8, 4) is 0 Å². The fourth-order valence-electron chi connectivity index (χ4n) is 3.05. The lowest BCUT2D eigenvalue weighted by Gasteiger charge is -2.19. The lowest BCUT2D eigenvalue weighted by molar-refractivity contribution is -0.130. The zero-order valence-electron chi connectivity index (χ0n) is 13.7. The first-order chi connectivity index (χ1) is 10.6. The second kappa shape index (κ2) is 9.06. The number of aryl methyl sites for hydroxylation is 1. The van der Waals surface area contributed by atoms with Crippen molar-refractivity contribution in [3.63, 3.8) is 0 Å². The third-order valence-corrected chi connectivity index (χ3v) is 4.36. The number of nitrogens with zero attached hydrogens (tertiary/aromatic N) is 3. The largest absolute Gasteiger partial charge is 0.342 e. The smallest absolute Gasteiger partial charge is 0.224 e. The van der Waals surface area contributed by atoms with Gasteiger partial charge in [-0.2, -0.15) is 5.10 Å². The third kappa shape index (κ3) is 4.72. The monoisotopic (exact) mass is 370 g/mol. The quantitative estimate of drug-likeness (QED) is 0.899. The van der Waals surface area contributed by atoms with Gasteiger partial charge in [-0.1, -0.05) is 30.3 Å². The molecule has 0 saturated carbocycles. The maximum Gasteiger partial charge on any atom is 0.224 e. The minimum Gasteiger partial charge on any atom is -0.342 e. The Balaban J connectivity index is 0.00000144. The van der Waals surface area contributed by atoms with E-state index in [0.717, 1.165) is 25.1 Å². The van der Waals surface area contributed by atoms with Crippen molar-refractivity contribution in [2.75, 3.05) is 13.1 Å². The molecule has 0 aliphatic carbocycles. The van der Waals surface area contributed by atoms with Crippen molar-refractivity contribution in [2.45, 2.75) is 24.8 Å². The van der Waals surface area contributed by atoms with Gasteiger partial charge in [-0.25, -0.2) is 0 Å². The van der Waals surface area contributed by atoms with Crippen LogP contribution >= 0.6 is 24.8 Å². The number of hydrogen-bond donors (Lipinski definition) is 1. The van der Waals surface area contributed by atoms with Gasteiger partial charge in [0, 0.05) is 44.7 Å². The number of carbonyl (C=O) groups is 1. The van der Waals surface area contributed by atoms with E-state index < -0.39 is 0 Å². The van der Waals surface area contributed by atoms with Gasteiger partial charge in [0.25, 0.3) is 0 Å². The summed E-state index contributed by atoms with van der Waals surface area (Å²) < 4.78 is 1.81. The van der Waals surface area contributed by atoms with Crippen LogP contribution in [0.3, 0.4) is 0 Å². The highest BCUT2D eigenvalue weighted by atomic mass is 35.5. The van der Waals surface area contributed by atoms with E-state index >= 15 is 0 Å². The Hall–Kier alpha value is -1.56. The highest BCUT2D eigenvalue weighted by Crippen LogP contribution is 2.28. The highest BCUT2D eigenvalue weighted by Gasteiger charge is 2.28. The topological polar surface area (TPSA) is 64.2 Å². The Morgan fingerprint density at radius 2 is 2.04 bits per heavy atom. The minimum absolute atomic E-state index is 0. The molecule has 132 valence electrons. The maximum atomic E-state index is 12.4. The second-order valence-electron chi connectivity index (χ2n) is 5.99. The van der Waals surface area contributed by atoms with Crippen molar-refractivity contribution in [3.05, 3.63) is 53.9 Å². The van der Waals surface area contributed by atoms with Gasteiger partial charge < -0.3 is 10.6 Å². The second-order valence-corrected chi connectivity index (χ2v) is 5.99. The lowest BCUT2D eigenvalue weighted by atomic mass is 10.0. The molecular weight excluding hydrogens is 347 g/mol. The molecule has 3 rings (SSSR count). The zero-order chi connectivity index (χ0) is 15.5. The molecule has 0 radical (unpaired) electrons. The Bertz CT molecular complexity index is 647. The molecule has 5 nitrogen and oxygen atoms in total. The van der Waals surface area contributed by atoms with Gasteiger partial charge in [0.15, 0.2) is 0 Å². The SMILES string of the molecule is Cl.Cl.Cn1cc(C2CCN(C(=O)CC(N)c3ccccc3)C2)cn1. The molecule has 1 saturated heterocycles. The van der Waals surface area contributed by atoms with Crippen LogP contribution in [-0.2, 0) is 11.8 Å². The van der Waals surface area contributed by atoms with Crippen molar-refractivity contribution in [1.82, 2.24) is 14.7 Å². The predicted octanol–water partition coefficient (Wildman–Crippen LogP) is 2.67. The van der Waals surface area contributed by atoms with E-state index in [9.17, 15) is 4.79 Å². The number of halogens is 2. The molecule has 0 bridgehead atoms. The Morgan fingerprint density at radius 3 is 2.67 bits per heavy atom. The van der Waals surface area contributed by atoms with E-state index in [2.05, 4.69) is 5.10 Å². The number of amides is 1. The first kappa shape index (κ1) is 20.5. The summed E-state index contributed by atoms with van der Waals surface area (Å²) in [5.41, 5.74) is 8.38. The van der Waals surface area contributed by atoms with E-state index in [-0.39, 0.29) is 36.8 Å². The summed E-state index contributed by atoms with van der Waals surface area (Å²) >= 11 is 0. The summed E-state index contributed by atoms with van der Waals surface area (Å²) in [4.78, 5) is 14.4. The number of rotatable bonds is 4. The summed E-state index contributed by atoms with van der Waals surface area (Å²) in [6.07, 6.45) is 5.30. The summed E-state index contributed by atoms with van der Waals surface area (Å²) in [5, 5.41) is 4.21. The Labute approximate surface area is 155 Å². The Morgan fingerprint density at radius 1 is 1.33 bits per heavy atom. The first-order valence-electron chi connectivity index (χ1n) is 7.70. The fourth-order valence-corrected chi connectivity index (χ4v) is 3.05. The van der Waals surface area contributed by atoms with Gasteiger partial charge in [0.1, 0.15) is 0 Å². The van der Waals surface area contributed by atoms with Gasteiger partial charge >= 0.3 is 0 Å². The van der Waals surface area contributed by atoms with Gasteiger partial charge in [-0.15, -0.1) is 24.8 Å². The van der Waals surface area contributed by atoms with Gasteiger partial charge in [0.05, 0.1) is 6.20 Å². The lowest BCUT2D eigenvalue weighted by Crippen LogP contribution is -2.31. The molecule has 24 heavy (non-hydrogen) atoms. The van der Waals surface area contributed by atoms with Gasteiger partial charge in [-0.3, -0.25) is 9.48 Å². The molecule has 2 N–H and O–H groups in total. The average molecular weight is 371 g/mol. The number of likely N-dealkylation sites (tertiary alicyclic amines) is 1. The molecular formula is C17H24Cl2N4O. The summed E-state index contributed by atoms with van der Waals surface area (Å²) in [7, 11) is 1.92. The normalized spacial score (nSPS) is 17.8. The maximum absolute atomic E-state index is 12.4. The van der Waals surface area contributed by atoms with Crippen molar-refractivity contribution < 1.29 is 4.79 Å². The molecule has 0 spiro atoms. The molecule has 1 amide bonds. The molecule has 1 aromatic carbocycles. The molecule has 1 aliphatic rings. The third-order valence-electron chi connectivity index (χ3n) is 4.36. The van der Waals surface area contributed by atoms with E-state index in [1.807, 2.05) is 59.4 Å². The van der Waals surface area contributed by atoms with Crippen LogP contribution in [0.4, 0.5) is 0 Å². The van der Waals surface area contributed by atoms with Crippen LogP contribution in [0, 0.1) is 0 Å². The van der Waals surface area contributed by atoms with E-state index in [0.29, 0.717) is 12.3 Å². The zero-order valence-corrected chi connectivity index (χ0v) is 15.3. The molecule has 2 heterocycles. The van der Waals surface area contributed by atoms with Crippen LogP contribution < -0.4 is 5.73 Å². The van der Waals surface area contributed by atoms with Crippen LogP contribution in [0.5, 0.6) is 0 Å². The number of benzene rings is 1. The van der Waals surface area contributed by atoms with Crippen LogP contribution in [0.1, 0.15) is 35.9 Å². The number of hydrogen-bond acceptors (Lipinski definition) is 3. The van der Waals surface area contributed by atoms with E-state index in [1.165, 1.54) is 5.56 Å². The average Bonchev–Trinajstić information content (AvgIpc) is 3.16. The van der Waals surface area contributed by atoms with Crippen LogP contribution in [0.25, 0.3) is 0 Å². The Kier molecular flexibility index (Phi) is 7.73. The molecule has 1 aliphatic heterocycles.